The van der Waals surface area contributed by atoms with Crippen molar-refractivity contribution < 1.29 is 9.59 Å². The lowest BCUT2D eigenvalue weighted by Crippen LogP contribution is -2.43. The van der Waals surface area contributed by atoms with Gasteiger partial charge in [0.05, 0.1) is 12.6 Å². The van der Waals surface area contributed by atoms with E-state index in [4.69, 9.17) is 5.26 Å². The molecule has 1 fully saturated rings. The van der Waals surface area contributed by atoms with E-state index in [0.717, 1.165) is 0 Å². The Morgan fingerprint density at radius 3 is 2.73 bits per heavy atom. The van der Waals surface area contributed by atoms with E-state index in [-0.39, 0.29) is 18.5 Å². The van der Waals surface area contributed by atoms with Gasteiger partial charge in [0.15, 0.2) is 0 Å². The number of rotatable bonds is 3. The van der Waals surface area contributed by atoms with Gasteiger partial charge in [-0.3, -0.25) is 4.79 Å². The van der Waals surface area contributed by atoms with Crippen molar-refractivity contribution in [2.24, 2.45) is 0 Å². The molecule has 0 aromatic heterocycles. The summed E-state index contributed by atoms with van der Waals surface area (Å²) in [5.74, 6) is -0.262. The molecule has 1 aliphatic heterocycles. The highest BCUT2D eigenvalue weighted by atomic mass is 16.2. The minimum atomic E-state index is -0.627. The molecule has 1 N–H and O–H groups in total. The van der Waals surface area contributed by atoms with Gasteiger partial charge in [0, 0.05) is 27.1 Å². The molecule has 0 aromatic carbocycles. The normalized spacial score (nSPS) is 17.5. The molecular weight excluding hydrogens is 196 g/mol. The monoisotopic (exact) mass is 210 g/mol. The van der Waals surface area contributed by atoms with Crippen LogP contribution in [0.3, 0.4) is 0 Å². The van der Waals surface area contributed by atoms with Crippen molar-refractivity contribution in [3.05, 3.63) is 0 Å². The summed E-state index contributed by atoms with van der Waals surface area (Å²) in [7, 11) is 1.71. The Balaban J connectivity index is 2.50. The quantitative estimate of drug-likeness (QED) is 0.674. The third kappa shape index (κ3) is 2.84. The van der Waals surface area contributed by atoms with E-state index < -0.39 is 6.04 Å². The van der Waals surface area contributed by atoms with Crippen LogP contribution in [-0.2, 0) is 4.79 Å². The van der Waals surface area contributed by atoms with Crippen LogP contribution in [0.2, 0.25) is 0 Å². The Morgan fingerprint density at radius 2 is 2.33 bits per heavy atom. The van der Waals surface area contributed by atoms with Crippen LogP contribution < -0.4 is 5.32 Å². The SMILES string of the molecule is CC(=O)N[C@H](C#N)CN1CCN(C)C1=O. The van der Waals surface area contributed by atoms with Crippen LogP contribution in [0.5, 0.6) is 0 Å². The number of hydrogen-bond donors (Lipinski definition) is 1. The molecule has 1 aliphatic rings. The van der Waals surface area contributed by atoms with Gasteiger partial charge in [0.25, 0.3) is 0 Å². The molecule has 0 spiro atoms. The molecule has 0 radical (unpaired) electrons. The minimum absolute atomic E-state index is 0.0967. The van der Waals surface area contributed by atoms with Gasteiger partial charge in [-0.05, 0) is 0 Å². The summed E-state index contributed by atoms with van der Waals surface area (Å²) in [5.41, 5.74) is 0. The first-order valence-corrected chi connectivity index (χ1v) is 4.71. The molecular formula is C9H14N4O2. The maximum absolute atomic E-state index is 11.5. The second kappa shape index (κ2) is 4.64. The van der Waals surface area contributed by atoms with Crippen LogP contribution in [0.25, 0.3) is 0 Å². The zero-order chi connectivity index (χ0) is 11.4. The molecule has 6 heteroatoms. The zero-order valence-electron chi connectivity index (χ0n) is 8.86. The summed E-state index contributed by atoms with van der Waals surface area (Å²) < 4.78 is 0. The fourth-order valence-electron chi connectivity index (χ4n) is 1.46. The summed E-state index contributed by atoms with van der Waals surface area (Å²) in [5, 5.41) is 11.3. The topological polar surface area (TPSA) is 76.4 Å². The zero-order valence-corrected chi connectivity index (χ0v) is 8.86. The molecule has 3 amide bonds. The number of urea groups is 1. The van der Waals surface area contributed by atoms with E-state index >= 15 is 0 Å². The van der Waals surface area contributed by atoms with Crippen molar-refractivity contribution >= 4 is 11.9 Å². The molecule has 6 nitrogen and oxygen atoms in total. The highest BCUT2D eigenvalue weighted by molar-refractivity contribution is 5.77. The summed E-state index contributed by atoms with van der Waals surface area (Å²) in [6.07, 6.45) is 0. The number of nitrogens with zero attached hydrogens (tertiary/aromatic N) is 3. The van der Waals surface area contributed by atoms with Crippen LogP contribution in [0, 0.1) is 11.3 Å². The summed E-state index contributed by atoms with van der Waals surface area (Å²) in [6.45, 7) is 2.87. The van der Waals surface area contributed by atoms with Crippen molar-refractivity contribution in [1.29, 1.82) is 5.26 Å². The number of amides is 3. The van der Waals surface area contributed by atoms with Crippen LogP contribution in [0.15, 0.2) is 0 Å². The molecule has 1 saturated heterocycles. The van der Waals surface area contributed by atoms with Gasteiger partial charge in [-0.25, -0.2) is 4.79 Å². The average Bonchev–Trinajstić information content (AvgIpc) is 2.48. The lowest BCUT2D eigenvalue weighted by atomic mass is 10.3. The van der Waals surface area contributed by atoms with E-state index in [1.165, 1.54) is 6.92 Å². The van der Waals surface area contributed by atoms with Crippen molar-refractivity contribution in [2.45, 2.75) is 13.0 Å². The minimum Gasteiger partial charge on any atom is -0.339 e. The number of nitrogens with one attached hydrogen (secondary N) is 1. The standard InChI is InChI=1S/C9H14N4O2/c1-7(14)11-8(5-10)6-13-4-3-12(2)9(13)15/h8H,3-4,6H2,1-2H3,(H,11,14)/t8-/m1/s1. The first-order valence-electron chi connectivity index (χ1n) is 4.71. The van der Waals surface area contributed by atoms with Crippen LogP contribution in [-0.4, -0.2) is 54.5 Å². The van der Waals surface area contributed by atoms with Gasteiger partial charge in [0.1, 0.15) is 6.04 Å². The molecule has 1 rings (SSSR count). The highest BCUT2D eigenvalue weighted by Gasteiger charge is 2.27. The van der Waals surface area contributed by atoms with E-state index in [2.05, 4.69) is 5.32 Å². The summed E-state index contributed by atoms with van der Waals surface area (Å²) >= 11 is 0. The average molecular weight is 210 g/mol. The number of hydrogen-bond acceptors (Lipinski definition) is 3. The first kappa shape index (κ1) is 11.3. The number of nitriles is 1. The predicted molar refractivity (Wildman–Crippen MR) is 52.8 cm³/mol. The van der Waals surface area contributed by atoms with Crippen molar-refractivity contribution in [3.8, 4) is 6.07 Å². The summed E-state index contributed by atoms with van der Waals surface area (Å²) in [6, 6.07) is 1.23. The maximum atomic E-state index is 11.5. The molecule has 0 bridgehead atoms. The lowest BCUT2D eigenvalue weighted by molar-refractivity contribution is -0.119. The number of carbonyl (C=O) groups excluding carboxylic acids is 2. The van der Waals surface area contributed by atoms with Crippen molar-refractivity contribution in [2.75, 3.05) is 26.7 Å². The largest absolute Gasteiger partial charge is 0.339 e. The van der Waals surface area contributed by atoms with Gasteiger partial charge in [-0.2, -0.15) is 5.26 Å². The fourth-order valence-corrected chi connectivity index (χ4v) is 1.46. The Hall–Kier alpha value is -1.77. The number of likely N-dealkylation sites (N-methyl/N-ethyl adjacent to an activating group) is 1. The van der Waals surface area contributed by atoms with E-state index in [9.17, 15) is 9.59 Å². The second-order valence-corrected chi connectivity index (χ2v) is 3.53. The maximum Gasteiger partial charge on any atom is 0.319 e. The molecule has 1 atom stereocenters. The van der Waals surface area contributed by atoms with Crippen LogP contribution >= 0.6 is 0 Å². The van der Waals surface area contributed by atoms with Gasteiger partial charge in [-0.1, -0.05) is 0 Å². The Morgan fingerprint density at radius 1 is 1.67 bits per heavy atom. The van der Waals surface area contributed by atoms with E-state index in [1.807, 2.05) is 6.07 Å². The molecule has 0 saturated carbocycles. The Kier molecular flexibility index (Phi) is 3.50. The van der Waals surface area contributed by atoms with E-state index in [1.54, 1.807) is 16.8 Å². The molecule has 82 valence electrons. The molecule has 0 aromatic rings. The molecule has 15 heavy (non-hydrogen) atoms. The molecule has 1 heterocycles. The molecule has 0 unspecified atom stereocenters. The number of carbonyl (C=O) groups is 2. The third-order valence-corrected chi connectivity index (χ3v) is 2.24. The highest BCUT2D eigenvalue weighted by Crippen LogP contribution is 2.06. The third-order valence-electron chi connectivity index (χ3n) is 2.24. The van der Waals surface area contributed by atoms with Gasteiger partial charge in [-0.15, -0.1) is 0 Å². The van der Waals surface area contributed by atoms with Crippen LogP contribution in [0.4, 0.5) is 4.79 Å². The smallest absolute Gasteiger partial charge is 0.319 e. The Labute approximate surface area is 88.4 Å². The van der Waals surface area contributed by atoms with Crippen LogP contribution in [0.1, 0.15) is 6.92 Å². The summed E-state index contributed by atoms with van der Waals surface area (Å²) in [4.78, 5) is 25.4. The second-order valence-electron chi connectivity index (χ2n) is 3.53. The van der Waals surface area contributed by atoms with Crippen molar-refractivity contribution in [1.82, 2.24) is 15.1 Å². The van der Waals surface area contributed by atoms with Gasteiger partial charge < -0.3 is 15.1 Å². The Bertz CT molecular complexity index is 310. The lowest BCUT2D eigenvalue weighted by Gasteiger charge is -2.19. The van der Waals surface area contributed by atoms with Gasteiger partial charge in [0.2, 0.25) is 5.91 Å². The fraction of sp³-hybridized carbons (Fsp3) is 0.667. The van der Waals surface area contributed by atoms with Gasteiger partial charge >= 0.3 is 6.03 Å². The molecule has 0 aliphatic carbocycles. The predicted octanol–water partition coefficient (Wildman–Crippen LogP) is -0.618. The van der Waals surface area contributed by atoms with E-state index in [0.29, 0.717) is 13.1 Å². The first-order chi connectivity index (χ1) is 7.04. The van der Waals surface area contributed by atoms with Crippen molar-refractivity contribution in [3.63, 3.8) is 0 Å².